The van der Waals surface area contributed by atoms with Crippen molar-refractivity contribution in [2.24, 2.45) is 6.98 Å². The van der Waals surface area contributed by atoms with E-state index in [9.17, 15) is 0 Å². The number of benzene rings is 1. The number of aromatic nitrogens is 2. The first kappa shape index (κ1) is 5.65. The number of aryl methyl sites for hydroxylation is 1. The van der Waals surface area contributed by atoms with Gasteiger partial charge in [-0.15, -0.1) is 0 Å². The van der Waals surface area contributed by atoms with Crippen LogP contribution < -0.4 is 4.74 Å². The Kier molecular flexibility index (Phi) is 1.32. The summed E-state index contributed by atoms with van der Waals surface area (Å²) in [4.78, 5) is 0. The molecule has 0 saturated heterocycles. The second-order valence-electron chi connectivity index (χ2n) is 2.57. The van der Waals surface area contributed by atoms with Gasteiger partial charge in [0.25, 0.3) is 0 Å². The van der Waals surface area contributed by atoms with E-state index in [-0.39, 0.29) is 0 Å². The van der Waals surface area contributed by atoms with E-state index in [1.54, 1.807) is 12.1 Å². The molecule has 0 aliphatic heterocycles. The van der Waals surface area contributed by atoms with E-state index in [4.69, 9.17) is 8.85 Å². The maximum atomic E-state index is 7.38. The largest absolute Gasteiger partial charge is 0.494 e. The van der Waals surface area contributed by atoms with Gasteiger partial charge in [-0.1, -0.05) is 15.9 Å². The lowest BCUT2D eigenvalue weighted by Crippen LogP contribution is -1.92. The molecule has 4 heteroatoms. The molecule has 0 saturated carbocycles. The lowest BCUT2D eigenvalue weighted by Gasteiger charge is -2.03. The van der Waals surface area contributed by atoms with Crippen LogP contribution >= 0.6 is 15.9 Å². The SMILES string of the molecule is [2H]C([2H])([2H])n1ncc2c(Br)ccc(OC)c21. The number of hydrogen-bond acceptors (Lipinski definition) is 2. The minimum Gasteiger partial charge on any atom is -0.494 e. The van der Waals surface area contributed by atoms with Crippen LogP contribution in [0.4, 0.5) is 0 Å². The lowest BCUT2D eigenvalue weighted by atomic mass is 10.2. The first-order valence-corrected chi connectivity index (χ1v) is 4.45. The van der Waals surface area contributed by atoms with Crippen LogP contribution in [0.1, 0.15) is 4.11 Å². The van der Waals surface area contributed by atoms with Gasteiger partial charge >= 0.3 is 0 Å². The van der Waals surface area contributed by atoms with Gasteiger partial charge in [-0.25, -0.2) is 0 Å². The predicted octanol–water partition coefficient (Wildman–Crippen LogP) is 2.34. The van der Waals surface area contributed by atoms with Crippen LogP contribution in [0.15, 0.2) is 22.8 Å². The molecule has 13 heavy (non-hydrogen) atoms. The normalized spacial score (nSPS) is 15.1. The summed E-state index contributed by atoms with van der Waals surface area (Å²) < 4.78 is 29.1. The zero-order valence-corrected chi connectivity index (χ0v) is 8.50. The summed E-state index contributed by atoms with van der Waals surface area (Å²) >= 11 is 3.35. The van der Waals surface area contributed by atoms with Crippen LogP contribution in [-0.4, -0.2) is 16.9 Å². The highest BCUT2D eigenvalue weighted by atomic mass is 79.9. The maximum Gasteiger partial charge on any atom is 0.144 e. The fraction of sp³-hybridized carbons (Fsp3) is 0.222. The highest BCUT2D eigenvalue weighted by molar-refractivity contribution is 9.10. The quantitative estimate of drug-likeness (QED) is 0.769. The minimum atomic E-state index is -2.31. The number of rotatable bonds is 1. The van der Waals surface area contributed by atoms with Crippen LogP contribution in [0.3, 0.4) is 0 Å². The van der Waals surface area contributed by atoms with Gasteiger partial charge in [-0.3, -0.25) is 4.68 Å². The Bertz CT molecular complexity index is 535. The van der Waals surface area contributed by atoms with E-state index < -0.39 is 6.98 Å². The number of methoxy groups -OCH3 is 1. The third-order valence-corrected chi connectivity index (χ3v) is 2.55. The zero-order valence-electron chi connectivity index (χ0n) is 9.91. The zero-order chi connectivity index (χ0) is 11.9. The van der Waals surface area contributed by atoms with Crippen LogP contribution in [0.25, 0.3) is 10.9 Å². The van der Waals surface area contributed by atoms with Crippen molar-refractivity contribution in [3.63, 3.8) is 0 Å². The summed E-state index contributed by atoms with van der Waals surface area (Å²) in [6.07, 6.45) is 1.51. The van der Waals surface area contributed by atoms with Crippen LogP contribution in [0, 0.1) is 0 Å². The molecule has 0 unspecified atom stereocenters. The number of halogens is 1. The first-order chi connectivity index (χ1) is 7.45. The molecule has 0 bridgehead atoms. The van der Waals surface area contributed by atoms with Crippen LogP contribution in [-0.2, 0) is 6.98 Å². The Balaban J connectivity index is 2.83. The van der Waals surface area contributed by atoms with E-state index in [0.717, 1.165) is 14.5 Å². The molecule has 0 spiro atoms. The molecule has 2 rings (SSSR count). The number of ether oxygens (including phenoxy) is 1. The highest BCUT2D eigenvalue weighted by Crippen LogP contribution is 2.30. The molecule has 68 valence electrons. The number of nitrogens with zero attached hydrogens (tertiary/aromatic N) is 2. The van der Waals surface area contributed by atoms with Crippen LogP contribution in [0.5, 0.6) is 5.75 Å². The lowest BCUT2D eigenvalue weighted by molar-refractivity contribution is 0.417. The number of hydrogen-bond donors (Lipinski definition) is 0. The fourth-order valence-corrected chi connectivity index (χ4v) is 1.66. The average molecular weight is 244 g/mol. The topological polar surface area (TPSA) is 27.1 Å². The average Bonchev–Trinajstić information content (AvgIpc) is 2.63. The van der Waals surface area contributed by atoms with E-state index in [1.165, 1.54) is 13.3 Å². The molecule has 1 heterocycles. The van der Waals surface area contributed by atoms with Crippen molar-refractivity contribution in [2.45, 2.75) is 0 Å². The van der Waals surface area contributed by atoms with Crippen molar-refractivity contribution in [3.05, 3.63) is 22.8 Å². The Labute approximate surface area is 88.6 Å². The van der Waals surface area contributed by atoms with Crippen molar-refractivity contribution in [1.82, 2.24) is 9.78 Å². The minimum absolute atomic E-state index is 0.469. The summed E-state index contributed by atoms with van der Waals surface area (Å²) in [5, 5.41) is 4.60. The third kappa shape index (κ3) is 1.21. The van der Waals surface area contributed by atoms with E-state index >= 15 is 0 Å². The molecule has 2 aromatic rings. The second kappa shape index (κ2) is 3.03. The molecule has 1 aromatic carbocycles. The molecule has 0 aliphatic rings. The van der Waals surface area contributed by atoms with Crippen molar-refractivity contribution in [3.8, 4) is 5.75 Å². The van der Waals surface area contributed by atoms with Gasteiger partial charge in [0.05, 0.1) is 13.3 Å². The van der Waals surface area contributed by atoms with Gasteiger partial charge in [0.15, 0.2) is 0 Å². The molecule has 0 amide bonds. The molecule has 0 aliphatic carbocycles. The summed E-state index contributed by atoms with van der Waals surface area (Å²) in [7, 11) is 1.50. The molecule has 0 atom stereocenters. The molecule has 0 radical (unpaired) electrons. The standard InChI is InChI=1S/C9H9BrN2O/c1-12-9-6(5-11-12)7(10)3-4-8(9)13-2/h3-5H,1-2H3/i1D3. The van der Waals surface area contributed by atoms with E-state index in [0.29, 0.717) is 11.3 Å². The first-order valence-electron chi connectivity index (χ1n) is 5.16. The van der Waals surface area contributed by atoms with E-state index in [2.05, 4.69) is 21.0 Å². The summed E-state index contributed by atoms with van der Waals surface area (Å²) in [6, 6.07) is 3.50. The van der Waals surface area contributed by atoms with Gasteiger partial charge in [0.1, 0.15) is 11.3 Å². The molecular formula is C9H9BrN2O. The monoisotopic (exact) mass is 243 g/mol. The van der Waals surface area contributed by atoms with Gasteiger partial charge in [-0.2, -0.15) is 5.10 Å². The highest BCUT2D eigenvalue weighted by Gasteiger charge is 2.08. The van der Waals surface area contributed by atoms with Crippen molar-refractivity contribution in [1.29, 1.82) is 0 Å². The Hall–Kier alpha value is -1.03. The molecule has 1 aromatic heterocycles. The van der Waals surface area contributed by atoms with Crippen molar-refractivity contribution < 1.29 is 8.85 Å². The predicted molar refractivity (Wildman–Crippen MR) is 55.0 cm³/mol. The molecular weight excluding hydrogens is 232 g/mol. The Morgan fingerprint density at radius 1 is 1.62 bits per heavy atom. The molecule has 0 N–H and O–H groups in total. The molecule has 3 nitrogen and oxygen atoms in total. The van der Waals surface area contributed by atoms with Crippen LogP contribution in [0.2, 0.25) is 0 Å². The third-order valence-electron chi connectivity index (χ3n) is 1.86. The van der Waals surface area contributed by atoms with Crippen molar-refractivity contribution >= 4 is 26.8 Å². The summed E-state index contributed by atoms with van der Waals surface area (Å²) in [5.41, 5.74) is 0.469. The Morgan fingerprint density at radius 2 is 2.46 bits per heavy atom. The van der Waals surface area contributed by atoms with Crippen molar-refractivity contribution in [2.75, 3.05) is 7.11 Å². The van der Waals surface area contributed by atoms with Gasteiger partial charge < -0.3 is 4.74 Å². The number of fused-ring (bicyclic) bond motifs is 1. The van der Waals surface area contributed by atoms with Gasteiger partial charge in [0, 0.05) is 20.9 Å². The second-order valence-corrected chi connectivity index (χ2v) is 3.42. The fourth-order valence-electron chi connectivity index (χ4n) is 1.24. The summed E-state index contributed by atoms with van der Waals surface area (Å²) in [6.45, 7) is -2.31. The smallest absolute Gasteiger partial charge is 0.144 e. The molecule has 0 fully saturated rings. The maximum absolute atomic E-state index is 7.38. The van der Waals surface area contributed by atoms with Gasteiger partial charge in [-0.05, 0) is 12.1 Å². The Morgan fingerprint density at radius 3 is 3.15 bits per heavy atom. The van der Waals surface area contributed by atoms with Gasteiger partial charge in [0.2, 0.25) is 0 Å². The summed E-state index contributed by atoms with van der Waals surface area (Å²) in [5.74, 6) is 0.492. The van der Waals surface area contributed by atoms with E-state index in [1.807, 2.05) is 0 Å².